The van der Waals surface area contributed by atoms with E-state index in [-0.39, 0.29) is 23.0 Å². The summed E-state index contributed by atoms with van der Waals surface area (Å²) in [5.41, 5.74) is 0. The van der Waals surface area contributed by atoms with Crippen LogP contribution in [-0.4, -0.2) is 50.6 Å². The summed E-state index contributed by atoms with van der Waals surface area (Å²) in [5, 5.41) is 1.80. The van der Waals surface area contributed by atoms with Gasteiger partial charge < -0.3 is 9.64 Å². The first-order valence-corrected chi connectivity index (χ1v) is 10.2. The molecule has 6 nitrogen and oxygen atoms in total. The van der Waals surface area contributed by atoms with E-state index in [0.717, 1.165) is 10.8 Å². The van der Waals surface area contributed by atoms with Crippen LogP contribution < -0.4 is 0 Å². The molecule has 1 amide bonds. The van der Waals surface area contributed by atoms with E-state index in [2.05, 4.69) is 0 Å². The monoisotopic (exact) mass is 375 g/mol. The lowest BCUT2D eigenvalue weighted by Gasteiger charge is -2.22. The molecule has 0 radical (unpaired) electrons. The molecular formula is C19H21NO5S. The molecule has 1 atom stereocenters. The Morgan fingerprint density at radius 1 is 1.15 bits per heavy atom. The van der Waals surface area contributed by atoms with Crippen molar-refractivity contribution in [1.29, 1.82) is 0 Å². The number of nitrogens with zero attached hydrogens (tertiary/aromatic N) is 1. The summed E-state index contributed by atoms with van der Waals surface area (Å²) in [6, 6.07) is 11.9. The van der Waals surface area contributed by atoms with E-state index >= 15 is 0 Å². The number of methoxy groups -OCH3 is 1. The Morgan fingerprint density at radius 3 is 2.62 bits per heavy atom. The van der Waals surface area contributed by atoms with Crippen molar-refractivity contribution < 1.29 is 22.7 Å². The average molecular weight is 375 g/mol. The third-order valence-corrected chi connectivity index (χ3v) is 6.42. The minimum absolute atomic E-state index is 0.150. The van der Waals surface area contributed by atoms with E-state index in [0.29, 0.717) is 19.4 Å². The quantitative estimate of drug-likeness (QED) is 0.748. The van der Waals surface area contributed by atoms with Gasteiger partial charge in [0.05, 0.1) is 17.8 Å². The number of ether oxygens (including phenoxy) is 1. The van der Waals surface area contributed by atoms with Gasteiger partial charge in [-0.25, -0.2) is 13.2 Å². The predicted octanol–water partition coefficient (Wildman–Crippen LogP) is 2.17. The zero-order valence-corrected chi connectivity index (χ0v) is 15.4. The van der Waals surface area contributed by atoms with Gasteiger partial charge in [-0.2, -0.15) is 0 Å². The summed E-state index contributed by atoms with van der Waals surface area (Å²) in [6.45, 7) is 0.453. The molecule has 1 fully saturated rings. The Kier molecular flexibility index (Phi) is 5.27. The van der Waals surface area contributed by atoms with Crippen molar-refractivity contribution >= 4 is 32.5 Å². The van der Waals surface area contributed by atoms with Crippen LogP contribution in [0.4, 0.5) is 0 Å². The Labute approximate surface area is 152 Å². The molecule has 26 heavy (non-hydrogen) atoms. The van der Waals surface area contributed by atoms with Crippen molar-refractivity contribution in [2.24, 2.45) is 0 Å². The molecule has 3 rings (SSSR count). The number of hydrogen-bond acceptors (Lipinski definition) is 5. The first-order valence-electron chi connectivity index (χ1n) is 8.51. The molecule has 1 saturated heterocycles. The number of hydrogen-bond donors (Lipinski definition) is 0. The van der Waals surface area contributed by atoms with Crippen molar-refractivity contribution in [3.8, 4) is 0 Å². The van der Waals surface area contributed by atoms with E-state index < -0.39 is 21.8 Å². The highest BCUT2D eigenvalue weighted by Gasteiger charge is 2.35. The van der Waals surface area contributed by atoms with Crippen LogP contribution in [0.5, 0.6) is 0 Å². The molecule has 7 heteroatoms. The van der Waals surface area contributed by atoms with Gasteiger partial charge >= 0.3 is 5.97 Å². The highest BCUT2D eigenvalue weighted by Crippen LogP contribution is 2.22. The van der Waals surface area contributed by atoms with Crippen molar-refractivity contribution in [3.05, 3.63) is 42.5 Å². The van der Waals surface area contributed by atoms with Gasteiger partial charge in [-0.15, -0.1) is 0 Å². The molecule has 0 unspecified atom stereocenters. The van der Waals surface area contributed by atoms with Crippen molar-refractivity contribution in [2.75, 3.05) is 19.4 Å². The summed E-state index contributed by atoms with van der Waals surface area (Å²) in [6.07, 6.45) is 1.11. The molecule has 0 aliphatic carbocycles. The van der Waals surface area contributed by atoms with Crippen LogP contribution in [0.2, 0.25) is 0 Å². The molecular weight excluding hydrogens is 354 g/mol. The summed E-state index contributed by atoms with van der Waals surface area (Å²) < 4.78 is 29.9. The Hall–Kier alpha value is -2.41. The number of fused-ring (bicyclic) bond motifs is 1. The van der Waals surface area contributed by atoms with Crippen LogP contribution in [0, 0.1) is 0 Å². The van der Waals surface area contributed by atoms with Gasteiger partial charge in [-0.05, 0) is 35.7 Å². The van der Waals surface area contributed by atoms with Gasteiger partial charge in [0.25, 0.3) is 0 Å². The fourth-order valence-electron chi connectivity index (χ4n) is 3.29. The van der Waals surface area contributed by atoms with Crippen molar-refractivity contribution in [2.45, 2.75) is 30.2 Å². The van der Waals surface area contributed by atoms with E-state index in [1.165, 1.54) is 12.0 Å². The molecule has 0 spiro atoms. The number of carbonyl (C=O) groups excluding carboxylic acids is 2. The molecule has 138 valence electrons. The van der Waals surface area contributed by atoms with Gasteiger partial charge in [-0.3, -0.25) is 4.79 Å². The lowest BCUT2D eigenvalue weighted by atomic mass is 10.1. The number of amides is 1. The van der Waals surface area contributed by atoms with Gasteiger partial charge in [0.1, 0.15) is 6.04 Å². The number of benzene rings is 2. The second-order valence-corrected chi connectivity index (χ2v) is 8.46. The van der Waals surface area contributed by atoms with Gasteiger partial charge in [0, 0.05) is 13.0 Å². The first-order chi connectivity index (χ1) is 12.4. The molecule has 0 bridgehead atoms. The fraction of sp³-hybridized carbons (Fsp3) is 0.368. The van der Waals surface area contributed by atoms with Crippen LogP contribution in [0.15, 0.2) is 47.4 Å². The summed E-state index contributed by atoms with van der Waals surface area (Å²) in [4.78, 5) is 25.8. The number of rotatable bonds is 5. The maximum Gasteiger partial charge on any atom is 0.328 e. The van der Waals surface area contributed by atoms with Crippen LogP contribution >= 0.6 is 0 Å². The van der Waals surface area contributed by atoms with Crippen LogP contribution in [0.3, 0.4) is 0 Å². The normalized spacial score (nSPS) is 17.4. The van der Waals surface area contributed by atoms with E-state index in [9.17, 15) is 18.0 Å². The Balaban J connectivity index is 1.71. The van der Waals surface area contributed by atoms with Gasteiger partial charge in [0.15, 0.2) is 9.84 Å². The Bertz CT molecular complexity index is 938. The molecule has 1 heterocycles. The fourth-order valence-corrected chi connectivity index (χ4v) is 4.55. The number of sulfone groups is 1. The smallest absolute Gasteiger partial charge is 0.328 e. The van der Waals surface area contributed by atoms with Gasteiger partial charge in [-0.1, -0.05) is 30.3 Å². The van der Waals surface area contributed by atoms with Gasteiger partial charge in [0.2, 0.25) is 5.91 Å². The van der Waals surface area contributed by atoms with E-state index in [1.54, 1.807) is 18.2 Å². The van der Waals surface area contributed by atoms with Crippen LogP contribution in [-0.2, 0) is 24.2 Å². The standard InChI is InChI=1S/C19H21NO5S/c1-25-19(22)17-7-4-11-20(17)18(21)10-12-26(23,24)16-9-8-14-5-2-3-6-15(14)13-16/h2-3,5-6,8-9,13,17H,4,7,10-12H2,1H3/t17-/m0/s1. The van der Waals surface area contributed by atoms with Crippen molar-refractivity contribution in [3.63, 3.8) is 0 Å². The average Bonchev–Trinajstić information content (AvgIpc) is 3.15. The molecule has 1 aliphatic rings. The third kappa shape index (κ3) is 3.72. The number of carbonyl (C=O) groups is 2. The van der Waals surface area contributed by atoms with Crippen LogP contribution in [0.1, 0.15) is 19.3 Å². The molecule has 0 aromatic heterocycles. The highest BCUT2D eigenvalue weighted by atomic mass is 32.2. The van der Waals surface area contributed by atoms with Crippen molar-refractivity contribution in [1.82, 2.24) is 4.90 Å². The lowest BCUT2D eigenvalue weighted by molar-refractivity contribution is -0.150. The largest absolute Gasteiger partial charge is 0.467 e. The second-order valence-electron chi connectivity index (χ2n) is 6.35. The highest BCUT2D eigenvalue weighted by molar-refractivity contribution is 7.91. The summed E-state index contributed by atoms with van der Waals surface area (Å²) >= 11 is 0. The molecule has 2 aromatic carbocycles. The lowest BCUT2D eigenvalue weighted by Crippen LogP contribution is -2.41. The SMILES string of the molecule is COC(=O)[C@@H]1CCCN1C(=O)CCS(=O)(=O)c1ccc2ccccc2c1. The zero-order valence-electron chi connectivity index (χ0n) is 14.6. The summed E-state index contributed by atoms with van der Waals surface area (Å²) in [7, 11) is -2.30. The molecule has 2 aromatic rings. The number of esters is 1. The number of likely N-dealkylation sites (tertiary alicyclic amines) is 1. The molecule has 0 N–H and O–H groups in total. The topological polar surface area (TPSA) is 80.8 Å². The first kappa shape index (κ1) is 18.4. The minimum atomic E-state index is -3.58. The minimum Gasteiger partial charge on any atom is -0.467 e. The summed E-state index contributed by atoms with van der Waals surface area (Å²) in [5.74, 6) is -1.07. The third-order valence-electron chi connectivity index (χ3n) is 4.71. The molecule has 1 aliphatic heterocycles. The van der Waals surface area contributed by atoms with E-state index in [4.69, 9.17) is 4.74 Å². The maximum absolute atomic E-state index is 12.6. The Morgan fingerprint density at radius 2 is 1.88 bits per heavy atom. The van der Waals surface area contributed by atoms with E-state index in [1.807, 2.05) is 24.3 Å². The second kappa shape index (κ2) is 7.45. The predicted molar refractivity (Wildman–Crippen MR) is 97.4 cm³/mol. The zero-order chi connectivity index (χ0) is 18.7. The van der Waals surface area contributed by atoms with Crippen LogP contribution in [0.25, 0.3) is 10.8 Å². The maximum atomic E-state index is 12.6. The molecule has 0 saturated carbocycles.